The Morgan fingerprint density at radius 2 is 1.67 bits per heavy atom. The average Bonchev–Trinajstić information content (AvgIpc) is 2.75. The van der Waals surface area contributed by atoms with E-state index in [9.17, 15) is 8.78 Å². The summed E-state index contributed by atoms with van der Waals surface area (Å²) in [6.07, 6.45) is -2.43. The van der Waals surface area contributed by atoms with Crippen molar-refractivity contribution in [2.75, 3.05) is 0 Å². The molecule has 0 saturated heterocycles. The molecule has 0 aliphatic carbocycles. The molecule has 0 saturated carbocycles. The first-order valence-corrected chi connectivity index (χ1v) is 6.42. The summed E-state index contributed by atoms with van der Waals surface area (Å²) in [6, 6.07) is 12.7. The minimum absolute atomic E-state index is 0.559. The highest BCUT2D eigenvalue weighted by atomic mass is 79.9. The van der Waals surface area contributed by atoms with E-state index in [1.165, 1.54) is 0 Å². The van der Waals surface area contributed by atoms with E-state index in [1.54, 1.807) is 18.2 Å². The van der Waals surface area contributed by atoms with Gasteiger partial charge in [0, 0.05) is 10.8 Å². The molecule has 0 bridgehead atoms. The molecule has 1 heterocycles. The fourth-order valence-electron chi connectivity index (χ4n) is 2.06. The van der Waals surface area contributed by atoms with E-state index in [0.29, 0.717) is 11.1 Å². The number of halogens is 3. The normalized spacial score (nSPS) is 13.6. The summed E-state index contributed by atoms with van der Waals surface area (Å²) in [5.41, 5.74) is 2.05. The van der Waals surface area contributed by atoms with Crippen LogP contribution in [0.5, 0.6) is 0 Å². The maximum atomic E-state index is 12.7. The van der Waals surface area contributed by atoms with Crippen LogP contribution < -0.4 is 0 Å². The van der Waals surface area contributed by atoms with Gasteiger partial charge in [-0.2, -0.15) is 0 Å². The zero-order valence-corrected chi connectivity index (χ0v) is 10.8. The third kappa shape index (κ3) is 1.81. The lowest BCUT2D eigenvalue weighted by molar-refractivity contribution is 0.147. The molecule has 0 amide bonds. The Hall–Kier alpha value is -1.42. The van der Waals surface area contributed by atoms with Gasteiger partial charge in [-0.25, -0.2) is 8.78 Å². The molecule has 0 aliphatic heterocycles. The third-order valence-corrected chi connectivity index (χ3v) is 3.87. The highest BCUT2D eigenvalue weighted by molar-refractivity contribution is 9.09. The van der Waals surface area contributed by atoms with E-state index < -0.39 is 11.3 Å². The lowest BCUT2D eigenvalue weighted by atomic mass is 10.1. The minimum Gasteiger partial charge on any atom is -0.456 e. The molecule has 1 atom stereocenters. The monoisotopic (exact) mass is 310 g/mol. The summed E-state index contributed by atoms with van der Waals surface area (Å²) >= 11 is 3.01. The van der Waals surface area contributed by atoms with Crippen molar-refractivity contribution in [3.05, 3.63) is 48.0 Å². The van der Waals surface area contributed by atoms with Crippen LogP contribution in [0.3, 0.4) is 0 Å². The van der Waals surface area contributed by atoms with Gasteiger partial charge >= 0.3 is 0 Å². The number of fused-ring (bicyclic) bond motifs is 3. The van der Waals surface area contributed by atoms with Crippen LogP contribution in [0.2, 0.25) is 0 Å². The summed E-state index contributed by atoms with van der Waals surface area (Å²) in [7, 11) is 0. The molecule has 1 nitrogen and oxygen atoms in total. The summed E-state index contributed by atoms with van der Waals surface area (Å²) in [5.74, 6) is 0. The van der Waals surface area contributed by atoms with Crippen LogP contribution in [-0.4, -0.2) is 6.43 Å². The number of rotatable bonds is 2. The van der Waals surface area contributed by atoms with Crippen LogP contribution in [0.1, 0.15) is 10.4 Å². The zero-order valence-electron chi connectivity index (χ0n) is 9.24. The molecule has 1 aromatic heterocycles. The Bertz CT molecular complexity index is 705. The topological polar surface area (TPSA) is 13.1 Å². The molecular weight excluding hydrogens is 302 g/mol. The molecule has 1 unspecified atom stereocenters. The summed E-state index contributed by atoms with van der Waals surface area (Å²) in [6.45, 7) is 0. The lowest BCUT2D eigenvalue weighted by Crippen LogP contribution is -2.00. The van der Waals surface area contributed by atoms with Gasteiger partial charge in [0.05, 0.1) is 0 Å². The van der Waals surface area contributed by atoms with Crippen molar-refractivity contribution in [3.8, 4) is 0 Å². The van der Waals surface area contributed by atoms with E-state index in [-0.39, 0.29) is 0 Å². The van der Waals surface area contributed by atoms with E-state index >= 15 is 0 Å². The van der Waals surface area contributed by atoms with E-state index in [2.05, 4.69) is 15.9 Å². The van der Waals surface area contributed by atoms with Gasteiger partial charge in [-0.15, -0.1) is 0 Å². The van der Waals surface area contributed by atoms with Gasteiger partial charge < -0.3 is 4.42 Å². The van der Waals surface area contributed by atoms with Crippen molar-refractivity contribution >= 4 is 37.9 Å². The molecule has 4 heteroatoms. The SMILES string of the molecule is FC(F)C(Br)c1ccc2oc3ccccc3c2c1. The van der Waals surface area contributed by atoms with Gasteiger partial charge in [-0.05, 0) is 23.8 Å². The zero-order chi connectivity index (χ0) is 12.7. The van der Waals surface area contributed by atoms with Gasteiger partial charge in [0.1, 0.15) is 16.0 Å². The molecule has 0 radical (unpaired) electrons. The van der Waals surface area contributed by atoms with Crippen LogP contribution in [0, 0.1) is 0 Å². The van der Waals surface area contributed by atoms with Crippen molar-refractivity contribution < 1.29 is 13.2 Å². The number of hydrogen-bond acceptors (Lipinski definition) is 1. The van der Waals surface area contributed by atoms with Gasteiger partial charge in [0.25, 0.3) is 6.43 Å². The average molecular weight is 311 g/mol. The maximum Gasteiger partial charge on any atom is 0.255 e. The number of alkyl halides is 3. The van der Waals surface area contributed by atoms with Crippen LogP contribution in [-0.2, 0) is 0 Å². The molecule has 0 fully saturated rings. The Morgan fingerprint density at radius 1 is 0.944 bits per heavy atom. The highest BCUT2D eigenvalue weighted by Gasteiger charge is 2.19. The molecule has 2 aromatic carbocycles. The molecule has 92 valence electrons. The first-order chi connectivity index (χ1) is 8.66. The number of benzene rings is 2. The molecule has 0 N–H and O–H groups in total. The van der Waals surface area contributed by atoms with Crippen LogP contribution >= 0.6 is 15.9 Å². The number of furan rings is 1. The Balaban J connectivity index is 2.24. The maximum absolute atomic E-state index is 12.7. The summed E-state index contributed by atoms with van der Waals surface area (Å²) in [5, 5.41) is 1.82. The van der Waals surface area contributed by atoms with E-state index in [4.69, 9.17) is 4.42 Å². The van der Waals surface area contributed by atoms with Crippen molar-refractivity contribution in [2.45, 2.75) is 11.3 Å². The fraction of sp³-hybridized carbons (Fsp3) is 0.143. The second kappa shape index (κ2) is 4.35. The largest absolute Gasteiger partial charge is 0.456 e. The summed E-state index contributed by atoms with van der Waals surface area (Å²) in [4.78, 5) is -0.949. The molecule has 0 aliphatic rings. The van der Waals surface area contributed by atoms with Crippen LogP contribution in [0.25, 0.3) is 21.9 Å². The van der Waals surface area contributed by atoms with Gasteiger partial charge in [-0.3, -0.25) is 0 Å². The van der Waals surface area contributed by atoms with Crippen LogP contribution in [0.15, 0.2) is 46.9 Å². The van der Waals surface area contributed by atoms with Crippen molar-refractivity contribution in [1.29, 1.82) is 0 Å². The van der Waals surface area contributed by atoms with Gasteiger partial charge in [0.2, 0.25) is 0 Å². The van der Waals surface area contributed by atoms with Crippen molar-refractivity contribution in [1.82, 2.24) is 0 Å². The Morgan fingerprint density at radius 3 is 2.44 bits per heavy atom. The Labute approximate surface area is 111 Å². The molecule has 3 aromatic rings. The number of hydrogen-bond donors (Lipinski definition) is 0. The van der Waals surface area contributed by atoms with Crippen molar-refractivity contribution in [2.24, 2.45) is 0 Å². The first-order valence-electron chi connectivity index (χ1n) is 5.50. The molecular formula is C14H9BrF2O. The van der Waals surface area contributed by atoms with Gasteiger partial charge in [-0.1, -0.05) is 40.2 Å². The Kier molecular flexibility index (Phi) is 2.82. The second-order valence-corrected chi connectivity index (χ2v) is 5.08. The number of para-hydroxylation sites is 1. The summed E-state index contributed by atoms with van der Waals surface area (Å²) < 4.78 is 31.0. The first kappa shape index (κ1) is 11.7. The van der Waals surface area contributed by atoms with E-state index in [1.807, 2.05) is 24.3 Å². The second-order valence-electron chi connectivity index (χ2n) is 4.09. The fourth-order valence-corrected chi connectivity index (χ4v) is 2.35. The van der Waals surface area contributed by atoms with Crippen LogP contribution in [0.4, 0.5) is 8.78 Å². The highest BCUT2D eigenvalue weighted by Crippen LogP contribution is 2.35. The quantitative estimate of drug-likeness (QED) is 0.586. The molecule has 3 rings (SSSR count). The third-order valence-electron chi connectivity index (χ3n) is 2.94. The predicted octanol–water partition coefficient (Wildman–Crippen LogP) is 5.29. The minimum atomic E-state index is -2.43. The molecule has 18 heavy (non-hydrogen) atoms. The van der Waals surface area contributed by atoms with Gasteiger partial charge in [0.15, 0.2) is 0 Å². The smallest absolute Gasteiger partial charge is 0.255 e. The standard InChI is InChI=1S/C14H9BrF2O/c15-13(14(16)17)8-5-6-12-10(7-8)9-3-1-2-4-11(9)18-12/h1-7,13-14H. The van der Waals surface area contributed by atoms with E-state index in [0.717, 1.165) is 16.4 Å². The predicted molar refractivity (Wildman–Crippen MR) is 71.4 cm³/mol. The lowest BCUT2D eigenvalue weighted by Gasteiger charge is -2.08. The van der Waals surface area contributed by atoms with Crippen molar-refractivity contribution in [3.63, 3.8) is 0 Å². The molecule has 0 spiro atoms.